The van der Waals surface area contributed by atoms with E-state index in [4.69, 9.17) is 9.72 Å². The first kappa shape index (κ1) is 22.6. The lowest BCUT2D eigenvalue weighted by Gasteiger charge is -2.30. The maximum atomic E-state index is 13.9. The summed E-state index contributed by atoms with van der Waals surface area (Å²) in [5.41, 5.74) is 4.12. The lowest BCUT2D eigenvalue weighted by atomic mass is 9.97. The van der Waals surface area contributed by atoms with Crippen LogP contribution in [0, 0.1) is 6.92 Å². The molecule has 4 aromatic rings. The van der Waals surface area contributed by atoms with Crippen LogP contribution in [0.1, 0.15) is 39.8 Å². The van der Waals surface area contributed by atoms with Gasteiger partial charge in [-0.15, -0.1) is 0 Å². The minimum atomic E-state index is -0.423. The van der Waals surface area contributed by atoms with Gasteiger partial charge >= 0.3 is 6.09 Å². The van der Waals surface area contributed by atoms with Gasteiger partial charge in [-0.3, -0.25) is 9.36 Å². The first-order valence-electron chi connectivity index (χ1n) is 11.8. The van der Waals surface area contributed by atoms with Gasteiger partial charge in [0.15, 0.2) is 0 Å². The second kappa shape index (κ2) is 9.97. The normalized spacial score (nSPS) is 12.9. The van der Waals surface area contributed by atoms with E-state index in [9.17, 15) is 9.59 Å². The van der Waals surface area contributed by atoms with Crippen molar-refractivity contribution in [2.45, 2.75) is 32.5 Å². The summed E-state index contributed by atoms with van der Waals surface area (Å²) in [6.07, 6.45) is 0.0994. The van der Waals surface area contributed by atoms with Gasteiger partial charge in [-0.1, -0.05) is 91.0 Å². The number of aryl methyl sites for hydroxylation is 1. The molecule has 176 valence electrons. The topological polar surface area (TPSA) is 64.4 Å². The zero-order valence-corrected chi connectivity index (χ0v) is 19.6. The van der Waals surface area contributed by atoms with Gasteiger partial charge in [0.2, 0.25) is 0 Å². The van der Waals surface area contributed by atoms with Crippen LogP contribution in [0.2, 0.25) is 0 Å². The Morgan fingerprint density at radius 1 is 0.914 bits per heavy atom. The number of rotatable bonds is 5. The van der Waals surface area contributed by atoms with Crippen LogP contribution in [0.4, 0.5) is 4.79 Å². The largest absolute Gasteiger partial charge is 0.445 e. The van der Waals surface area contributed by atoms with Gasteiger partial charge in [0.05, 0.1) is 23.8 Å². The fraction of sp³-hybridized carbons (Fsp3) is 0.207. The maximum Gasteiger partial charge on any atom is 0.410 e. The second-order valence-electron chi connectivity index (χ2n) is 8.70. The Kier molecular flexibility index (Phi) is 6.44. The Labute approximate surface area is 204 Å². The molecule has 5 rings (SSSR count). The summed E-state index contributed by atoms with van der Waals surface area (Å²) in [5, 5.41) is 0. The zero-order chi connectivity index (χ0) is 24.2. The molecule has 2 heterocycles. The van der Waals surface area contributed by atoms with Gasteiger partial charge in [-0.2, -0.15) is 0 Å². The standard InChI is InChI=1S/C29H27N3O3/c1-21-30-26-17-18-31(29(34)35-20-22-11-5-2-6-12-22)19-25(26)28(33)32(21)27(23-13-7-3-8-14-23)24-15-9-4-10-16-24/h2-16,27H,17-20H2,1H3. The Hall–Kier alpha value is -4.19. The highest BCUT2D eigenvalue weighted by atomic mass is 16.6. The van der Waals surface area contributed by atoms with Crippen LogP contribution in [-0.4, -0.2) is 27.1 Å². The first-order chi connectivity index (χ1) is 17.1. The SMILES string of the molecule is Cc1nc2c(c(=O)n1C(c1ccccc1)c1ccccc1)CN(C(=O)OCc1ccccc1)CC2. The Morgan fingerprint density at radius 3 is 2.09 bits per heavy atom. The van der Waals surface area contributed by atoms with Crippen LogP contribution < -0.4 is 5.56 Å². The van der Waals surface area contributed by atoms with Crippen LogP contribution in [0.15, 0.2) is 95.8 Å². The molecular formula is C29H27N3O3. The molecule has 0 N–H and O–H groups in total. The Balaban J connectivity index is 1.48. The average Bonchev–Trinajstić information content (AvgIpc) is 2.91. The summed E-state index contributed by atoms with van der Waals surface area (Å²) in [6, 6.07) is 29.2. The van der Waals surface area contributed by atoms with Crippen molar-refractivity contribution in [3.8, 4) is 0 Å². The highest BCUT2D eigenvalue weighted by Crippen LogP contribution is 2.27. The molecule has 0 aliphatic carbocycles. The third kappa shape index (κ3) is 4.73. The predicted octanol–water partition coefficient (Wildman–Crippen LogP) is 4.88. The number of nitrogens with zero attached hydrogens (tertiary/aromatic N) is 3. The molecule has 0 fully saturated rings. The van der Waals surface area contributed by atoms with Crippen molar-refractivity contribution in [1.29, 1.82) is 0 Å². The lowest BCUT2D eigenvalue weighted by Crippen LogP contribution is -2.42. The molecule has 0 bridgehead atoms. The molecule has 0 radical (unpaired) electrons. The summed E-state index contributed by atoms with van der Waals surface area (Å²) < 4.78 is 7.27. The lowest BCUT2D eigenvalue weighted by molar-refractivity contribution is 0.0912. The van der Waals surface area contributed by atoms with Crippen molar-refractivity contribution in [3.63, 3.8) is 0 Å². The van der Waals surface area contributed by atoms with E-state index >= 15 is 0 Å². The number of carbonyl (C=O) groups excluding carboxylic acids is 1. The van der Waals surface area contributed by atoms with E-state index in [1.807, 2.05) is 97.9 Å². The number of amides is 1. The van der Waals surface area contributed by atoms with Crippen LogP contribution in [0.3, 0.4) is 0 Å². The second-order valence-corrected chi connectivity index (χ2v) is 8.70. The number of hydrogen-bond donors (Lipinski definition) is 0. The summed E-state index contributed by atoms with van der Waals surface area (Å²) in [5.74, 6) is 0.659. The fourth-order valence-corrected chi connectivity index (χ4v) is 4.64. The van der Waals surface area contributed by atoms with E-state index in [0.29, 0.717) is 24.4 Å². The molecule has 1 amide bonds. The minimum absolute atomic E-state index is 0.120. The van der Waals surface area contributed by atoms with Crippen molar-refractivity contribution in [2.24, 2.45) is 0 Å². The van der Waals surface area contributed by atoms with Gasteiger partial charge in [-0.05, 0) is 23.6 Å². The number of carbonyl (C=O) groups is 1. The summed E-state index contributed by atoms with van der Waals surface area (Å²) in [7, 11) is 0. The fourth-order valence-electron chi connectivity index (χ4n) is 4.64. The minimum Gasteiger partial charge on any atom is -0.445 e. The number of benzene rings is 3. The Bertz CT molecular complexity index is 1330. The van der Waals surface area contributed by atoms with Crippen LogP contribution in [0.5, 0.6) is 0 Å². The van der Waals surface area contributed by atoms with Gasteiger partial charge < -0.3 is 9.64 Å². The smallest absolute Gasteiger partial charge is 0.410 e. The van der Waals surface area contributed by atoms with Crippen molar-refractivity contribution in [2.75, 3.05) is 6.54 Å². The van der Waals surface area contributed by atoms with E-state index in [-0.39, 0.29) is 24.8 Å². The molecule has 1 aromatic heterocycles. The predicted molar refractivity (Wildman–Crippen MR) is 134 cm³/mol. The van der Waals surface area contributed by atoms with E-state index in [2.05, 4.69) is 0 Å². The molecule has 35 heavy (non-hydrogen) atoms. The van der Waals surface area contributed by atoms with Gasteiger partial charge in [0.25, 0.3) is 5.56 Å². The van der Waals surface area contributed by atoms with Crippen molar-refractivity contribution in [3.05, 3.63) is 135 Å². The third-order valence-corrected chi connectivity index (χ3v) is 6.39. The van der Waals surface area contributed by atoms with Gasteiger partial charge in [0, 0.05) is 13.0 Å². The highest BCUT2D eigenvalue weighted by Gasteiger charge is 2.29. The number of fused-ring (bicyclic) bond motifs is 1. The summed E-state index contributed by atoms with van der Waals surface area (Å²) in [6.45, 7) is 2.73. The van der Waals surface area contributed by atoms with E-state index in [1.165, 1.54) is 0 Å². The van der Waals surface area contributed by atoms with E-state index in [0.717, 1.165) is 22.4 Å². The number of ether oxygens (including phenoxy) is 1. The maximum absolute atomic E-state index is 13.9. The van der Waals surface area contributed by atoms with E-state index in [1.54, 1.807) is 9.47 Å². The van der Waals surface area contributed by atoms with Crippen LogP contribution >= 0.6 is 0 Å². The van der Waals surface area contributed by atoms with Crippen LogP contribution in [-0.2, 0) is 24.3 Å². The molecule has 0 saturated carbocycles. The highest BCUT2D eigenvalue weighted by molar-refractivity contribution is 5.68. The quantitative estimate of drug-likeness (QED) is 0.421. The average molecular weight is 466 g/mol. The summed E-state index contributed by atoms with van der Waals surface area (Å²) >= 11 is 0. The van der Waals surface area contributed by atoms with Gasteiger partial charge in [0.1, 0.15) is 12.4 Å². The molecule has 0 spiro atoms. The molecule has 1 aliphatic heterocycles. The third-order valence-electron chi connectivity index (χ3n) is 6.39. The molecule has 0 unspecified atom stereocenters. The molecule has 6 nitrogen and oxygen atoms in total. The van der Waals surface area contributed by atoms with Crippen molar-refractivity contribution in [1.82, 2.24) is 14.5 Å². The molecule has 0 saturated heterocycles. The molecule has 3 aromatic carbocycles. The number of hydrogen-bond acceptors (Lipinski definition) is 4. The monoisotopic (exact) mass is 465 g/mol. The molecule has 1 aliphatic rings. The van der Waals surface area contributed by atoms with Gasteiger partial charge in [-0.25, -0.2) is 9.78 Å². The molecule has 0 atom stereocenters. The van der Waals surface area contributed by atoms with E-state index < -0.39 is 6.09 Å². The number of aromatic nitrogens is 2. The molecular weight excluding hydrogens is 438 g/mol. The van der Waals surface area contributed by atoms with Crippen molar-refractivity contribution < 1.29 is 9.53 Å². The van der Waals surface area contributed by atoms with Crippen LogP contribution in [0.25, 0.3) is 0 Å². The molecule has 6 heteroatoms. The van der Waals surface area contributed by atoms with Crippen molar-refractivity contribution >= 4 is 6.09 Å². The first-order valence-corrected chi connectivity index (χ1v) is 11.8. The Morgan fingerprint density at radius 2 is 1.49 bits per heavy atom. The summed E-state index contributed by atoms with van der Waals surface area (Å²) in [4.78, 5) is 33.1. The zero-order valence-electron chi connectivity index (χ0n) is 19.6.